The Morgan fingerprint density at radius 2 is 2.24 bits per heavy atom. The molecule has 2 rings (SSSR count). The smallest absolute Gasteiger partial charge is 0.123 e. The number of nitrogens with one attached hydrogen (secondary N) is 1. The third kappa shape index (κ3) is 3.28. The average molecular weight is 248 g/mol. The van der Waals surface area contributed by atoms with E-state index < -0.39 is 0 Å². The van der Waals surface area contributed by atoms with Crippen molar-refractivity contribution in [1.29, 1.82) is 0 Å². The molecule has 2 aromatic rings. The number of benzene rings is 1. The van der Waals surface area contributed by atoms with Gasteiger partial charge in [0.2, 0.25) is 0 Å². The first-order valence-corrected chi connectivity index (χ1v) is 6.50. The van der Waals surface area contributed by atoms with Crippen molar-refractivity contribution in [2.75, 3.05) is 0 Å². The Labute approximate surface area is 105 Å². The molecule has 0 unspecified atom stereocenters. The highest BCUT2D eigenvalue weighted by molar-refractivity contribution is 7.13. The van der Waals surface area contributed by atoms with Gasteiger partial charge in [0.25, 0.3) is 0 Å². The fourth-order valence-corrected chi connectivity index (χ4v) is 2.29. The maximum absolute atomic E-state index is 9.42. The number of nitrogens with zero attached hydrogens (tertiary/aromatic N) is 1. The number of hydrogen-bond donors (Lipinski definition) is 2. The van der Waals surface area contributed by atoms with Crippen molar-refractivity contribution in [3.8, 4) is 16.3 Å². The molecule has 90 valence electrons. The first-order chi connectivity index (χ1) is 8.15. The highest BCUT2D eigenvalue weighted by Gasteiger charge is 2.05. The van der Waals surface area contributed by atoms with E-state index in [1.54, 1.807) is 23.5 Å². The summed E-state index contributed by atoms with van der Waals surface area (Å²) in [6.45, 7) is 5.01. The van der Waals surface area contributed by atoms with Crippen molar-refractivity contribution < 1.29 is 5.11 Å². The molecular formula is C13H16N2OS. The lowest BCUT2D eigenvalue weighted by atomic mass is 10.2. The molecule has 3 nitrogen and oxygen atoms in total. The number of rotatable bonds is 4. The van der Waals surface area contributed by atoms with Gasteiger partial charge in [-0.3, -0.25) is 0 Å². The van der Waals surface area contributed by atoms with Crippen molar-refractivity contribution in [1.82, 2.24) is 10.3 Å². The van der Waals surface area contributed by atoms with Gasteiger partial charge in [-0.05, 0) is 12.1 Å². The van der Waals surface area contributed by atoms with Gasteiger partial charge in [-0.2, -0.15) is 0 Å². The van der Waals surface area contributed by atoms with Crippen molar-refractivity contribution in [3.63, 3.8) is 0 Å². The van der Waals surface area contributed by atoms with Gasteiger partial charge in [-0.15, -0.1) is 11.3 Å². The number of phenolic OH excluding ortho intramolecular Hbond substituents is 1. The van der Waals surface area contributed by atoms with Crippen molar-refractivity contribution in [2.24, 2.45) is 0 Å². The predicted octanol–water partition coefficient (Wildman–Crippen LogP) is 3.01. The zero-order chi connectivity index (χ0) is 12.3. The van der Waals surface area contributed by atoms with Gasteiger partial charge < -0.3 is 10.4 Å². The number of thiazole rings is 1. The first-order valence-electron chi connectivity index (χ1n) is 5.62. The molecule has 0 radical (unpaired) electrons. The second-order valence-corrected chi connectivity index (χ2v) is 5.09. The standard InChI is InChI=1S/C13H16N2OS/c1-9(2)14-7-11-8-17-13(15-11)10-4-3-5-12(16)6-10/h3-6,8-9,14,16H,7H2,1-2H3. The normalized spacial score (nSPS) is 11.0. The molecule has 0 atom stereocenters. The fourth-order valence-electron chi connectivity index (χ4n) is 1.47. The van der Waals surface area contributed by atoms with Gasteiger partial charge in [0.05, 0.1) is 5.69 Å². The van der Waals surface area contributed by atoms with Crippen LogP contribution in [0.1, 0.15) is 19.5 Å². The minimum Gasteiger partial charge on any atom is -0.508 e. The zero-order valence-electron chi connectivity index (χ0n) is 9.97. The van der Waals surface area contributed by atoms with E-state index in [1.807, 2.05) is 12.1 Å². The SMILES string of the molecule is CC(C)NCc1csc(-c2cccc(O)c2)n1. The number of hydrogen-bond acceptors (Lipinski definition) is 4. The second-order valence-electron chi connectivity index (χ2n) is 4.23. The Bertz CT molecular complexity index is 494. The Balaban J connectivity index is 2.12. The summed E-state index contributed by atoms with van der Waals surface area (Å²) < 4.78 is 0. The minimum atomic E-state index is 0.277. The second kappa shape index (κ2) is 5.29. The van der Waals surface area contributed by atoms with Gasteiger partial charge in [0, 0.05) is 23.5 Å². The van der Waals surface area contributed by atoms with Crippen LogP contribution in [0.3, 0.4) is 0 Å². The summed E-state index contributed by atoms with van der Waals surface area (Å²) in [5, 5.41) is 15.8. The summed E-state index contributed by atoms with van der Waals surface area (Å²) in [5.41, 5.74) is 2.01. The zero-order valence-corrected chi connectivity index (χ0v) is 10.8. The summed E-state index contributed by atoms with van der Waals surface area (Å²) in [4.78, 5) is 4.54. The summed E-state index contributed by atoms with van der Waals surface area (Å²) in [5.74, 6) is 0.277. The molecule has 0 spiro atoms. The average Bonchev–Trinajstić information content (AvgIpc) is 2.75. The molecule has 1 heterocycles. The Morgan fingerprint density at radius 1 is 1.41 bits per heavy atom. The third-order valence-corrected chi connectivity index (χ3v) is 3.28. The van der Waals surface area contributed by atoms with Crippen LogP contribution in [0.2, 0.25) is 0 Å². The molecule has 0 aliphatic heterocycles. The Hall–Kier alpha value is -1.39. The van der Waals surface area contributed by atoms with Gasteiger partial charge in [0.15, 0.2) is 0 Å². The molecule has 1 aromatic carbocycles. The fraction of sp³-hybridized carbons (Fsp3) is 0.308. The van der Waals surface area contributed by atoms with Crippen LogP contribution in [-0.4, -0.2) is 16.1 Å². The number of phenols is 1. The first kappa shape index (κ1) is 12.1. The van der Waals surface area contributed by atoms with Crippen LogP contribution in [0.25, 0.3) is 10.6 Å². The van der Waals surface area contributed by atoms with Crippen LogP contribution in [0.5, 0.6) is 5.75 Å². The molecule has 17 heavy (non-hydrogen) atoms. The van der Waals surface area contributed by atoms with E-state index in [-0.39, 0.29) is 5.75 Å². The summed E-state index contributed by atoms with van der Waals surface area (Å²) in [7, 11) is 0. The van der Waals surface area contributed by atoms with E-state index in [0.717, 1.165) is 22.8 Å². The Morgan fingerprint density at radius 3 is 2.94 bits per heavy atom. The topological polar surface area (TPSA) is 45.1 Å². The van der Waals surface area contributed by atoms with Crippen LogP contribution in [0, 0.1) is 0 Å². The van der Waals surface area contributed by atoms with Crippen molar-refractivity contribution in [3.05, 3.63) is 35.3 Å². The molecule has 0 aliphatic carbocycles. The highest BCUT2D eigenvalue weighted by atomic mass is 32.1. The number of aromatic nitrogens is 1. The van der Waals surface area contributed by atoms with Gasteiger partial charge in [0.1, 0.15) is 10.8 Å². The van der Waals surface area contributed by atoms with Crippen LogP contribution in [-0.2, 0) is 6.54 Å². The highest BCUT2D eigenvalue weighted by Crippen LogP contribution is 2.26. The third-order valence-electron chi connectivity index (χ3n) is 2.34. The van der Waals surface area contributed by atoms with E-state index in [1.165, 1.54) is 0 Å². The van der Waals surface area contributed by atoms with Gasteiger partial charge in [-0.25, -0.2) is 4.98 Å². The molecule has 0 fully saturated rings. The molecule has 0 saturated carbocycles. The number of aromatic hydroxyl groups is 1. The summed E-state index contributed by atoms with van der Waals surface area (Å²) in [6.07, 6.45) is 0. The molecule has 2 N–H and O–H groups in total. The van der Waals surface area contributed by atoms with Crippen LogP contribution in [0.15, 0.2) is 29.6 Å². The molecule has 0 bridgehead atoms. The largest absolute Gasteiger partial charge is 0.508 e. The minimum absolute atomic E-state index is 0.277. The Kier molecular flexibility index (Phi) is 3.76. The van der Waals surface area contributed by atoms with Gasteiger partial charge >= 0.3 is 0 Å². The molecule has 1 aromatic heterocycles. The quantitative estimate of drug-likeness (QED) is 0.874. The van der Waals surface area contributed by atoms with E-state index in [4.69, 9.17) is 0 Å². The maximum atomic E-state index is 9.42. The van der Waals surface area contributed by atoms with Gasteiger partial charge in [-0.1, -0.05) is 26.0 Å². The monoisotopic (exact) mass is 248 g/mol. The lowest BCUT2D eigenvalue weighted by Crippen LogP contribution is -2.21. The summed E-state index contributed by atoms with van der Waals surface area (Å²) in [6, 6.07) is 7.65. The lowest BCUT2D eigenvalue weighted by Gasteiger charge is -2.04. The summed E-state index contributed by atoms with van der Waals surface area (Å²) >= 11 is 1.60. The van der Waals surface area contributed by atoms with E-state index in [0.29, 0.717) is 6.04 Å². The lowest BCUT2D eigenvalue weighted by molar-refractivity contribution is 0.475. The molecule has 0 aliphatic rings. The van der Waals surface area contributed by atoms with Crippen molar-refractivity contribution in [2.45, 2.75) is 26.4 Å². The van der Waals surface area contributed by atoms with Crippen LogP contribution >= 0.6 is 11.3 Å². The van der Waals surface area contributed by atoms with E-state index in [2.05, 4.69) is 29.5 Å². The van der Waals surface area contributed by atoms with E-state index >= 15 is 0 Å². The molecular weight excluding hydrogens is 232 g/mol. The molecule has 4 heteroatoms. The van der Waals surface area contributed by atoms with Crippen LogP contribution in [0.4, 0.5) is 0 Å². The van der Waals surface area contributed by atoms with Crippen molar-refractivity contribution >= 4 is 11.3 Å². The predicted molar refractivity (Wildman–Crippen MR) is 71.2 cm³/mol. The van der Waals surface area contributed by atoms with Crippen LogP contribution < -0.4 is 5.32 Å². The molecule has 0 amide bonds. The maximum Gasteiger partial charge on any atom is 0.123 e. The van der Waals surface area contributed by atoms with E-state index in [9.17, 15) is 5.11 Å². The molecule has 0 saturated heterocycles.